The van der Waals surface area contributed by atoms with E-state index in [4.69, 9.17) is 0 Å². The molecule has 0 aliphatic carbocycles. The molecule has 0 radical (unpaired) electrons. The van der Waals surface area contributed by atoms with Crippen LogP contribution in [0.3, 0.4) is 0 Å². The zero-order chi connectivity index (χ0) is 12.2. The van der Waals surface area contributed by atoms with E-state index in [0.717, 1.165) is 10.8 Å². The van der Waals surface area contributed by atoms with Gasteiger partial charge in [0.25, 0.3) is 0 Å². The van der Waals surface area contributed by atoms with Gasteiger partial charge in [-0.1, -0.05) is 44.2 Å². The van der Waals surface area contributed by atoms with Gasteiger partial charge in [-0.3, -0.25) is 0 Å². The van der Waals surface area contributed by atoms with E-state index >= 15 is 0 Å². The van der Waals surface area contributed by atoms with E-state index in [-0.39, 0.29) is 4.90 Å². The molecule has 0 aliphatic heterocycles. The van der Waals surface area contributed by atoms with Crippen molar-refractivity contribution in [3.8, 4) is 0 Å². The van der Waals surface area contributed by atoms with Crippen molar-refractivity contribution < 1.29 is 13.0 Å². The molecule has 0 amide bonds. The van der Waals surface area contributed by atoms with Crippen molar-refractivity contribution >= 4 is 20.9 Å². The Balaban J connectivity index is 0.000000606. The van der Waals surface area contributed by atoms with E-state index in [1.54, 1.807) is 18.2 Å². The molecule has 0 saturated heterocycles. The molecule has 86 valence electrons. The molecule has 3 nitrogen and oxygen atoms in total. The van der Waals surface area contributed by atoms with E-state index in [1.807, 2.05) is 26.0 Å². The first-order valence-electron chi connectivity index (χ1n) is 5.02. The Morgan fingerprint density at radius 3 is 2.06 bits per heavy atom. The van der Waals surface area contributed by atoms with Crippen molar-refractivity contribution in [2.75, 3.05) is 0 Å². The average Bonchev–Trinajstić information content (AvgIpc) is 2.30. The lowest BCUT2D eigenvalue weighted by molar-refractivity contribution is 0.463. The van der Waals surface area contributed by atoms with Crippen molar-refractivity contribution in [1.82, 2.24) is 0 Å². The fraction of sp³-hybridized carbons (Fsp3) is 0.167. The molecule has 0 N–H and O–H groups in total. The minimum Gasteiger partial charge on any atom is -0.744 e. The fourth-order valence-electron chi connectivity index (χ4n) is 1.32. The van der Waals surface area contributed by atoms with E-state index in [2.05, 4.69) is 0 Å². The number of fused-ring (bicyclic) bond motifs is 1. The molecule has 2 aromatic rings. The van der Waals surface area contributed by atoms with Crippen molar-refractivity contribution in [3.05, 3.63) is 42.5 Å². The first-order valence-corrected chi connectivity index (χ1v) is 6.43. The highest BCUT2D eigenvalue weighted by Crippen LogP contribution is 2.18. The van der Waals surface area contributed by atoms with Crippen molar-refractivity contribution in [3.63, 3.8) is 0 Å². The Kier molecular flexibility index (Phi) is 4.04. The number of hydrogen-bond donors (Lipinski definition) is 0. The normalized spacial score (nSPS) is 10.7. The van der Waals surface area contributed by atoms with Crippen LogP contribution in [0.15, 0.2) is 47.4 Å². The zero-order valence-electron chi connectivity index (χ0n) is 9.17. The minimum absolute atomic E-state index is 0.184. The molecular formula is C12H13O3S-. The maximum atomic E-state index is 10.7. The Morgan fingerprint density at radius 2 is 1.50 bits per heavy atom. The van der Waals surface area contributed by atoms with Gasteiger partial charge in [0.2, 0.25) is 0 Å². The van der Waals surface area contributed by atoms with Crippen LogP contribution in [0.25, 0.3) is 10.8 Å². The molecule has 0 spiro atoms. The summed E-state index contributed by atoms with van der Waals surface area (Å²) in [5.41, 5.74) is 0. The summed E-state index contributed by atoms with van der Waals surface area (Å²) in [4.78, 5) is -0.184. The highest BCUT2D eigenvalue weighted by molar-refractivity contribution is 7.85. The van der Waals surface area contributed by atoms with E-state index in [0.29, 0.717) is 0 Å². The summed E-state index contributed by atoms with van der Waals surface area (Å²) in [5.74, 6) is 0. The summed E-state index contributed by atoms with van der Waals surface area (Å²) >= 11 is 0. The third-order valence-corrected chi connectivity index (χ3v) is 2.84. The van der Waals surface area contributed by atoms with Gasteiger partial charge in [0.05, 0.1) is 4.90 Å². The molecular weight excluding hydrogens is 224 g/mol. The molecule has 0 atom stereocenters. The van der Waals surface area contributed by atoms with E-state index in [9.17, 15) is 13.0 Å². The zero-order valence-corrected chi connectivity index (χ0v) is 9.99. The summed E-state index contributed by atoms with van der Waals surface area (Å²) in [6.07, 6.45) is 0. The SMILES string of the molecule is CC.O=S(=O)([O-])c1ccc2ccccc2c1. The van der Waals surface area contributed by atoms with Crippen molar-refractivity contribution in [2.45, 2.75) is 18.7 Å². The lowest BCUT2D eigenvalue weighted by Gasteiger charge is -2.07. The van der Waals surface area contributed by atoms with Crippen LogP contribution in [0.2, 0.25) is 0 Å². The molecule has 2 rings (SSSR count). The van der Waals surface area contributed by atoms with Crippen LogP contribution in [-0.4, -0.2) is 13.0 Å². The minimum atomic E-state index is -4.34. The number of rotatable bonds is 1. The third-order valence-electron chi connectivity index (χ3n) is 2.01. The molecule has 16 heavy (non-hydrogen) atoms. The van der Waals surface area contributed by atoms with Gasteiger partial charge in [-0.25, -0.2) is 8.42 Å². The predicted molar refractivity (Wildman–Crippen MR) is 63.3 cm³/mol. The molecule has 0 saturated carbocycles. The first kappa shape index (κ1) is 12.7. The van der Waals surface area contributed by atoms with Gasteiger partial charge in [0, 0.05) is 0 Å². The Morgan fingerprint density at radius 1 is 0.938 bits per heavy atom. The molecule has 2 aromatic carbocycles. The quantitative estimate of drug-likeness (QED) is 0.716. The van der Waals surface area contributed by atoms with Gasteiger partial charge in [-0.05, 0) is 22.9 Å². The van der Waals surface area contributed by atoms with Crippen molar-refractivity contribution in [2.24, 2.45) is 0 Å². The molecule has 0 bridgehead atoms. The third kappa shape index (κ3) is 2.81. The Labute approximate surface area is 95.5 Å². The van der Waals surface area contributed by atoms with Gasteiger partial charge < -0.3 is 4.55 Å². The monoisotopic (exact) mass is 237 g/mol. The Hall–Kier alpha value is -1.39. The summed E-state index contributed by atoms with van der Waals surface area (Å²) in [7, 11) is -4.34. The lowest BCUT2D eigenvalue weighted by Crippen LogP contribution is -1.97. The topological polar surface area (TPSA) is 57.2 Å². The van der Waals surface area contributed by atoms with Crippen LogP contribution in [0.1, 0.15) is 13.8 Å². The second-order valence-electron chi connectivity index (χ2n) is 2.96. The highest BCUT2D eigenvalue weighted by Gasteiger charge is 2.01. The molecule has 0 fully saturated rings. The molecule has 0 heterocycles. The second kappa shape index (κ2) is 5.09. The van der Waals surface area contributed by atoms with Crippen LogP contribution in [0, 0.1) is 0 Å². The summed E-state index contributed by atoms with van der Waals surface area (Å²) in [6.45, 7) is 4.00. The number of benzene rings is 2. The summed E-state index contributed by atoms with van der Waals surface area (Å²) in [6, 6.07) is 11.6. The van der Waals surface area contributed by atoms with Crippen LogP contribution in [-0.2, 0) is 10.1 Å². The van der Waals surface area contributed by atoms with Gasteiger partial charge in [0.1, 0.15) is 10.1 Å². The highest BCUT2D eigenvalue weighted by atomic mass is 32.2. The summed E-state index contributed by atoms with van der Waals surface area (Å²) in [5, 5.41) is 1.67. The van der Waals surface area contributed by atoms with E-state index < -0.39 is 10.1 Å². The second-order valence-corrected chi connectivity index (χ2v) is 4.34. The van der Waals surface area contributed by atoms with Gasteiger partial charge in [-0.2, -0.15) is 0 Å². The average molecular weight is 237 g/mol. The first-order chi connectivity index (χ1) is 7.57. The largest absolute Gasteiger partial charge is 0.744 e. The fourth-order valence-corrected chi connectivity index (χ4v) is 1.83. The molecule has 0 unspecified atom stereocenters. The van der Waals surface area contributed by atoms with Gasteiger partial charge >= 0.3 is 0 Å². The van der Waals surface area contributed by atoms with Crippen LogP contribution in [0.4, 0.5) is 0 Å². The van der Waals surface area contributed by atoms with Crippen molar-refractivity contribution in [1.29, 1.82) is 0 Å². The lowest BCUT2D eigenvalue weighted by atomic mass is 10.1. The molecule has 0 aliphatic rings. The van der Waals surface area contributed by atoms with Crippen LogP contribution >= 0.6 is 0 Å². The predicted octanol–water partition coefficient (Wildman–Crippen LogP) is 2.77. The number of hydrogen-bond acceptors (Lipinski definition) is 3. The maximum absolute atomic E-state index is 10.7. The molecule has 4 heteroatoms. The summed E-state index contributed by atoms with van der Waals surface area (Å²) < 4.78 is 32.2. The van der Waals surface area contributed by atoms with Crippen LogP contribution < -0.4 is 0 Å². The van der Waals surface area contributed by atoms with E-state index in [1.165, 1.54) is 12.1 Å². The Bertz CT molecular complexity index is 574. The maximum Gasteiger partial charge on any atom is 0.124 e. The standard InChI is InChI=1S/C10H8O3S.C2H6/c11-14(12,13)10-6-5-8-3-1-2-4-9(8)7-10;1-2/h1-7H,(H,11,12,13);1-2H3/p-1. The smallest absolute Gasteiger partial charge is 0.124 e. The van der Waals surface area contributed by atoms with Gasteiger partial charge in [0.15, 0.2) is 0 Å². The van der Waals surface area contributed by atoms with Gasteiger partial charge in [-0.15, -0.1) is 0 Å². The van der Waals surface area contributed by atoms with Crippen LogP contribution in [0.5, 0.6) is 0 Å². The molecule has 0 aromatic heterocycles.